The van der Waals surface area contributed by atoms with E-state index in [4.69, 9.17) is 23.2 Å². The maximum absolute atomic E-state index is 14.6. The van der Waals surface area contributed by atoms with E-state index in [1.165, 1.54) is 29.2 Å². The summed E-state index contributed by atoms with van der Waals surface area (Å²) >= 11 is 12.4. The van der Waals surface area contributed by atoms with Crippen LogP contribution in [0.1, 0.15) is 42.5 Å². The molecule has 260 valence electrons. The van der Waals surface area contributed by atoms with Gasteiger partial charge >= 0.3 is 6.18 Å². The third kappa shape index (κ3) is 9.55. The summed E-state index contributed by atoms with van der Waals surface area (Å²) in [6.07, 6.45) is -4.26. The number of anilines is 1. The summed E-state index contributed by atoms with van der Waals surface area (Å²) in [7, 11) is -4.63. The van der Waals surface area contributed by atoms with Crippen molar-refractivity contribution < 1.29 is 31.2 Å². The number of rotatable bonds is 13. The fourth-order valence-electron chi connectivity index (χ4n) is 5.06. The van der Waals surface area contributed by atoms with Gasteiger partial charge in [-0.05, 0) is 67.8 Å². The van der Waals surface area contributed by atoms with E-state index in [2.05, 4.69) is 5.32 Å². The van der Waals surface area contributed by atoms with E-state index in [0.29, 0.717) is 27.4 Å². The highest BCUT2D eigenvalue weighted by Gasteiger charge is 2.38. The Morgan fingerprint density at radius 1 is 0.878 bits per heavy atom. The van der Waals surface area contributed by atoms with Gasteiger partial charge in [0.1, 0.15) is 12.6 Å². The number of carbonyl (C=O) groups excluding carboxylic acids is 2. The Balaban J connectivity index is 1.88. The van der Waals surface area contributed by atoms with Crippen LogP contribution >= 0.6 is 23.2 Å². The molecule has 4 aromatic rings. The highest BCUT2D eigenvalue weighted by atomic mass is 35.5. The largest absolute Gasteiger partial charge is 0.417 e. The van der Waals surface area contributed by atoms with Crippen molar-refractivity contribution in [2.75, 3.05) is 10.8 Å². The predicted octanol–water partition coefficient (Wildman–Crippen LogP) is 8.07. The first-order chi connectivity index (χ1) is 23.1. The SMILES string of the molecule is CCC(C)NC(=O)C(Cc1ccccc1)N(Cc1ccccc1Cl)C(=O)CN(c1ccc(Cl)c(C(F)(F)F)c1)S(=O)(=O)c1ccc(C)cc1. The number of amides is 2. The van der Waals surface area contributed by atoms with Crippen LogP contribution in [0, 0.1) is 6.92 Å². The number of carbonyl (C=O) groups is 2. The van der Waals surface area contributed by atoms with Gasteiger partial charge in [0.15, 0.2) is 0 Å². The Kier molecular flexibility index (Phi) is 12.4. The summed E-state index contributed by atoms with van der Waals surface area (Å²) in [6, 6.07) is 22.6. The van der Waals surface area contributed by atoms with E-state index in [1.807, 2.05) is 13.8 Å². The van der Waals surface area contributed by atoms with Crippen molar-refractivity contribution in [2.24, 2.45) is 0 Å². The number of halogens is 5. The molecule has 0 bridgehead atoms. The van der Waals surface area contributed by atoms with Gasteiger partial charge in [-0.15, -0.1) is 0 Å². The highest BCUT2D eigenvalue weighted by Crippen LogP contribution is 2.38. The second-order valence-corrected chi connectivity index (χ2v) is 14.3. The maximum atomic E-state index is 14.6. The van der Waals surface area contributed by atoms with Crippen molar-refractivity contribution in [1.82, 2.24) is 10.2 Å². The van der Waals surface area contributed by atoms with Gasteiger partial charge in [0.05, 0.1) is 21.2 Å². The molecule has 1 N–H and O–H groups in total. The molecule has 49 heavy (non-hydrogen) atoms. The van der Waals surface area contributed by atoms with Crippen LogP contribution in [0.15, 0.2) is 102 Å². The monoisotopic (exact) mass is 733 g/mol. The van der Waals surface area contributed by atoms with Gasteiger partial charge in [-0.3, -0.25) is 13.9 Å². The van der Waals surface area contributed by atoms with Crippen LogP contribution in [0.3, 0.4) is 0 Å². The maximum Gasteiger partial charge on any atom is 0.417 e. The van der Waals surface area contributed by atoms with E-state index in [1.54, 1.807) is 61.5 Å². The second kappa shape index (κ2) is 16.1. The minimum absolute atomic E-state index is 0.0587. The first-order valence-electron chi connectivity index (χ1n) is 15.4. The molecule has 0 aliphatic carbocycles. The van der Waals surface area contributed by atoms with Gasteiger partial charge in [-0.1, -0.05) is 96.4 Å². The van der Waals surface area contributed by atoms with Crippen LogP contribution in [0.2, 0.25) is 10.0 Å². The first kappa shape index (κ1) is 37.8. The van der Waals surface area contributed by atoms with Crippen molar-refractivity contribution in [3.63, 3.8) is 0 Å². The average Bonchev–Trinajstić information content (AvgIpc) is 3.06. The standard InChI is InChI=1S/C36H36Cl2F3N3O4S/c1-4-25(3)42-35(46)33(20-26-10-6-5-7-11-26)43(22-27-12-8-9-13-31(27)37)34(45)23-44(49(47,48)29-17-14-24(2)15-18-29)28-16-19-32(38)30(21-28)36(39,40)41/h5-19,21,25,33H,4,20,22-23H2,1-3H3,(H,42,46). The molecule has 0 spiro atoms. The summed E-state index contributed by atoms with van der Waals surface area (Å²) in [5, 5.41) is 2.59. The van der Waals surface area contributed by atoms with Crippen LogP contribution in [0.25, 0.3) is 0 Å². The normalized spacial score (nSPS) is 13.0. The quantitative estimate of drug-likeness (QED) is 0.151. The van der Waals surface area contributed by atoms with Crippen molar-refractivity contribution in [1.29, 1.82) is 0 Å². The van der Waals surface area contributed by atoms with Crippen LogP contribution < -0.4 is 9.62 Å². The lowest BCUT2D eigenvalue weighted by Crippen LogP contribution is -2.54. The summed E-state index contributed by atoms with van der Waals surface area (Å²) in [6.45, 7) is 4.31. The van der Waals surface area contributed by atoms with Crippen molar-refractivity contribution in [3.05, 3.63) is 129 Å². The number of benzene rings is 4. The summed E-state index contributed by atoms with van der Waals surface area (Å²) in [5.41, 5.74) is 0.235. The Morgan fingerprint density at radius 3 is 2.12 bits per heavy atom. The van der Waals surface area contributed by atoms with Gasteiger partial charge in [-0.2, -0.15) is 13.2 Å². The zero-order chi connectivity index (χ0) is 35.9. The number of hydrogen-bond acceptors (Lipinski definition) is 4. The molecule has 0 aliphatic heterocycles. The minimum atomic E-state index is -4.92. The van der Waals surface area contributed by atoms with Gasteiger partial charge in [0.25, 0.3) is 10.0 Å². The molecule has 7 nitrogen and oxygen atoms in total. The van der Waals surface area contributed by atoms with Crippen LogP contribution in [0.4, 0.5) is 18.9 Å². The zero-order valence-corrected chi connectivity index (χ0v) is 29.4. The molecule has 2 amide bonds. The molecular formula is C36H36Cl2F3N3O4S. The smallest absolute Gasteiger partial charge is 0.352 e. The number of aryl methyl sites for hydroxylation is 1. The first-order valence-corrected chi connectivity index (χ1v) is 17.6. The summed E-state index contributed by atoms with van der Waals surface area (Å²) < 4.78 is 70.9. The molecule has 4 aromatic carbocycles. The van der Waals surface area contributed by atoms with E-state index in [-0.39, 0.29) is 23.9 Å². The Bertz CT molecular complexity index is 1870. The number of sulfonamides is 1. The lowest BCUT2D eigenvalue weighted by Gasteiger charge is -2.34. The molecule has 13 heteroatoms. The molecule has 0 heterocycles. The number of hydrogen-bond donors (Lipinski definition) is 1. The summed E-state index contributed by atoms with van der Waals surface area (Å²) in [4.78, 5) is 29.5. The van der Waals surface area contributed by atoms with Gasteiger partial charge in [-0.25, -0.2) is 8.42 Å². The minimum Gasteiger partial charge on any atom is -0.352 e. The molecule has 0 fully saturated rings. The molecule has 0 saturated heterocycles. The molecule has 0 aromatic heterocycles. The number of alkyl halides is 3. The third-order valence-electron chi connectivity index (χ3n) is 8.00. The average molecular weight is 735 g/mol. The Morgan fingerprint density at radius 2 is 1.51 bits per heavy atom. The lowest BCUT2D eigenvalue weighted by molar-refractivity contribution is -0.140. The zero-order valence-electron chi connectivity index (χ0n) is 27.0. The van der Waals surface area contributed by atoms with E-state index in [9.17, 15) is 31.2 Å². The van der Waals surface area contributed by atoms with E-state index in [0.717, 1.165) is 23.3 Å². The van der Waals surface area contributed by atoms with Crippen molar-refractivity contribution in [2.45, 2.75) is 63.3 Å². The van der Waals surface area contributed by atoms with E-state index < -0.39 is 56.9 Å². The van der Waals surface area contributed by atoms with Crippen LogP contribution in [0.5, 0.6) is 0 Å². The fourth-order valence-corrected chi connectivity index (χ4v) is 6.88. The fraction of sp³-hybridized carbons (Fsp3) is 0.278. The van der Waals surface area contributed by atoms with Crippen molar-refractivity contribution in [3.8, 4) is 0 Å². The Hall–Kier alpha value is -4.06. The van der Waals surface area contributed by atoms with Crippen LogP contribution in [-0.4, -0.2) is 43.8 Å². The predicted molar refractivity (Wildman–Crippen MR) is 186 cm³/mol. The molecular weight excluding hydrogens is 698 g/mol. The molecule has 2 unspecified atom stereocenters. The van der Waals surface area contributed by atoms with Crippen molar-refractivity contribution >= 4 is 50.7 Å². The molecule has 0 saturated carbocycles. The second-order valence-electron chi connectivity index (χ2n) is 11.6. The number of nitrogens with zero attached hydrogens (tertiary/aromatic N) is 2. The highest BCUT2D eigenvalue weighted by molar-refractivity contribution is 7.92. The molecule has 4 rings (SSSR count). The van der Waals surface area contributed by atoms with Gasteiger partial charge < -0.3 is 10.2 Å². The lowest BCUT2D eigenvalue weighted by atomic mass is 10.0. The molecule has 0 aliphatic rings. The van der Waals surface area contributed by atoms with Gasteiger partial charge in [0, 0.05) is 24.0 Å². The molecule has 2 atom stereocenters. The van der Waals surface area contributed by atoms with Crippen LogP contribution in [-0.2, 0) is 38.8 Å². The molecule has 0 radical (unpaired) electrons. The number of nitrogens with one attached hydrogen (secondary N) is 1. The van der Waals surface area contributed by atoms with E-state index >= 15 is 0 Å². The third-order valence-corrected chi connectivity index (χ3v) is 10.5. The Labute approximate surface area is 294 Å². The summed E-state index contributed by atoms with van der Waals surface area (Å²) in [5.74, 6) is -1.34. The van der Waals surface area contributed by atoms with Gasteiger partial charge in [0.2, 0.25) is 11.8 Å². The topological polar surface area (TPSA) is 86.8 Å².